The van der Waals surface area contributed by atoms with E-state index >= 15 is 0 Å². The highest BCUT2D eigenvalue weighted by molar-refractivity contribution is 5.81. The average Bonchev–Trinajstić information content (AvgIpc) is 3.33. The Bertz CT molecular complexity index is 969. The number of aryl methyl sites for hydroxylation is 1. The second-order valence-electron chi connectivity index (χ2n) is 7.04. The van der Waals surface area contributed by atoms with Crippen LogP contribution >= 0.6 is 0 Å². The minimum Gasteiger partial charge on any atom is -0.338 e. The molecule has 1 fully saturated rings. The van der Waals surface area contributed by atoms with Gasteiger partial charge in [-0.3, -0.25) is 14.0 Å². The molecule has 2 aromatic heterocycles. The molecule has 2 aliphatic rings. The van der Waals surface area contributed by atoms with Gasteiger partial charge in [-0.25, -0.2) is 0 Å². The van der Waals surface area contributed by atoms with Crippen molar-refractivity contribution >= 4 is 5.91 Å². The molecule has 1 aliphatic carbocycles. The van der Waals surface area contributed by atoms with Gasteiger partial charge in [0.25, 0.3) is 0 Å². The summed E-state index contributed by atoms with van der Waals surface area (Å²) < 4.78 is 3.87. The molecular weight excluding hydrogens is 328 g/mol. The first kappa shape index (κ1) is 15.3. The molecule has 1 aliphatic heterocycles. The van der Waals surface area contributed by atoms with E-state index in [0.29, 0.717) is 12.4 Å². The zero-order valence-electron chi connectivity index (χ0n) is 14.7. The lowest BCUT2D eigenvalue weighted by atomic mass is 10.0. The van der Waals surface area contributed by atoms with E-state index in [4.69, 9.17) is 5.10 Å². The van der Waals surface area contributed by atoms with Crippen LogP contribution < -0.4 is 0 Å². The van der Waals surface area contributed by atoms with Gasteiger partial charge in [-0.2, -0.15) is 5.10 Å². The number of fused-ring (bicyclic) bond motifs is 1. The molecule has 0 spiro atoms. The Morgan fingerprint density at radius 1 is 1.19 bits per heavy atom. The van der Waals surface area contributed by atoms with E-state index in [1.54, 1.807) is 6.33 Å². The van der Waals surface area contributed by atoms with E-state index < -0.39 is 0 Å². The highest BCUT2D eigenvalue weighted by Crippen LogP contribution is 2.35. The molecule has 5 rings (SSSR count). The minimum atomic E-state index is 0.240. The first-order chi connectivity index (χ1) is 12.7. The third-order valence-corrected chi connectivity index (χ3v) is 5.27. The third kappa shape index (κ3) is 2.42. The van der Waals surface area contributed by atoms with Crippen LogP contribution in [0.5, 0.6) is 0 Å². The van der Waals surface area contributed by atoms with E-state index in [-0.39, 0.29) is 11.8 Å². The monoisotopic (exact) mass is 348 g/mol. The molecule has 7 heteroatoms. The molecule has 1 amide bonds. The molecular formula is C19H20N6O. The largest absolute Gasteiger partial charge is 0.338 e. The normalized spacial score (nSPS) is 16.6. The summed E-state index contributed by atoms with van der Waals surface area (Å²) in [5, 5.41) is 13.2. The van der Waals surface area contributed by atoms with Crippen molar-refractivity contribution in [3.05, 3.63) is 47.9 Å². The number of para-hydroxylation sites is 1. The van der Waals surface area contributed by atoms with Crippen molar-refractivity contribution < 1.29 is 4.79 Å². The average molecular weight is 348 g/mol. The van der Waals surface area contributed by atoms with Gasteiger partial charge in [-0.05, 0) is 25.0 Å². The van der Waals surface area contributed by atoms with Gasteiger partial charge in [-0.15, -0.1) is 10.2 Å². The number of aromatic nitrogens is 5. The van der Waals surface area contributed by atoms with E-state index in [1.807, 2.05) is 51.5 Å². The van der Waals surface area contributed by atoms with Crippen molar-refractivity contribution in [1.82, 2.24) is 29.4 Å². The molecule has 0 saturated heterocycles. The summed E-state index contributed by atoms with van der Waals surface area (Å²) >= 11 is 0. The van der Waals surface area contributed by atoms with Gasteiger partial charge in [0.2, 0.25) is 5.91 Å². The first-order valence-electron chi connectivity index (χ1n) is 9.01. The molecule has 0 atom stereocenters. The quantitative estimate of drug-likeness (QED) is 0.726. The summed E-state index contributed by atoms with van der Waals surface area (Å²) in [4.78, 5) is 14.5. The molecule has 1 aromatic carbocycles. The Morgan fingerprint density at radius 3 is 2.77 bits per heavy atom. The van der Waals surface area contributed by atoms with Crippen molar-refractivity contribution in [3.63, 3.8) is 0 Å². The van der Waals surface area contributed by atoms with Crippen LogP contribution in [-0.4, -0.2) is 41.9 Å². The minimum absolute atomic E-state index is 0.240. The lowest BCUT2D eigenvalue weighted by molar-refractivity contribution is -0.133. The molecule has 0 unspecified atom stereocenters. The van der Waals surface area contributed by atoms with Crippen LogP contribution in [0.1, 0.15) is 24.1 Å². The number of carbonyl (C=O) groups is 1. The Morgan fingerprint density at radius 2 is 2.00 bits per heavy atom. The lowest BCUT2D eigenvalue weighted by Crippen LogP contribution is -2.37. The summed E-state index contributed by atoms with van der Waals surface area (Å²) in [6.45, 7) is 1.38. The highest BCUT2D eigenvalue weighted by Gasteiger charge is 2.36. The van der Waals surface area contributed by atoms with Gasteiger partial charge < -0.3 is 4.90 Å². The topological polar surface area (TPSA) is 68.8 Å². The van der Waals surface area contributed by atoms with Crippen LogP contribution in [0.2, 0.25) is 0 Å². The highest BCUT2D eigenvalue weighted by atomic mass is 16.2. The van der Waals surface area contributed by atoms with E-state index in [0.717, 1.165) is 42.8 Å². The molecule has 3 aromatic rings. The number of hydrogen-bond acceptors (Lipinski definition) is 4. The smallest absolute Gasteiger partial charge is 0.225 e. The maximum Gasteiger partial charge on any atom is 0.225 e. The number of amides is 1. The van der Waals surface area contributed by atoms with Crippen LogP contribution in [-0.2, 0) is 24.8 Å². The van der Waals surface area contributed by atoms with E-state index in [9.17, 15) is 4.79 Å². The Hall–Kier alpha value is -2.96. The predicted molar refractivity (Wildman–Crippen MR) is 95.4 cm³/mol. The molecule has 1 saturated carbocycles. The van der Waals surface area contributed by atoms with Gasteiger partial charge in [0, 0.05) is 49.4 Å². The van der Waals surface area contributed by atoms with Crippen LogP contribution in [0, 0.1) is 5.92 Å². The van der Waals surface area contributed by atoms with Crippen LogP contribution in [0.15, 0.2) is 36.7 Å². The number of rotatable bonds is 3. The van der Waals surface area contributed by atoms with Gasteiger partial charge in [-0.1, -0.05) is 18.2 Å². The molecule has 132 valence electrons. The molecule has 0 N–H and O–H groups in total. The number of benzene rings is 1. The van der Waals surface area contributed by atoms with Gasteiger partial charge in [0.1, 0.15) is 12.0 Å². The van der Waals surface area contributed by atoms with E-state index in [1.165, 1.54) is 5.69 Å². The van der Waals surface area contributed by atoms with Gasteiger partial charge in [0.15, 0.2) is 5.82 Å². The summed E-state index contributed by atoms with van der Waals surface area (Å²) in [6.07, 6.45) is 4.60. The second-order valence-corrected chi connectivity index (χ2v) is 7.04. The van der Waals surface area contributed by atoms with Crippen molar-refractivity contribution in [2.45, 2.75) is 25.8 Å². The fraction of sp³-hybridized carbons (Fsp3) is 0.368. The van der Waals surface area contributed by atoms with Crippen molar-refractivity contribution in [2.24, 2.45) is 13.0 Å². The fourth-order valence-corrected chi connectivity index (χ4v) is 3.72. The van der Waals surface area contributed by atoms with Crippen LogP contribution in [0.3, 0.4) is 0 Å². The van der Waals surface area contributed by atoms with Crippen molar-refractivity contribution in [2.75, 3.05) is 6.54 Å². The maximum absolute atomic E-state index is 12.5. The molecule has 3 heterocycles. The Kier molecular flexibility index (Phi) is 3.41. The summed E-state index contributed by atoms with van der Waals surface area (Å²) in [7, 11) is 1.96. The molecule has 0 bridgehead atoms. The summed E-state index contributed by atoms with van der Waals surface area (Å²) in [5.41, 5.74) is 4.09. The molecule has 26 heavy (non-hydrogen) atoms. The zero-order chi connectivity index (χ0) is 17.7. The number of nitrogens with zero attached hydrogens (tertiary/aromatic N) is 6. The van der Waals surface area contributed by atoms with Crippen LogP contribution in [0.4, 0.5) is 0 Å². The van der Waals surface area contributed by atoms with Crippen LogP contribution in [0.25, 0.3) is 17.2 Å². The number of hydrogen-bond donors (Lipinski definition) is 0. The van der Waals surface area contributed by atoms with E-state index in [2.05, 4.69) is 10.2 Å². The first-order valence-corrected chi connectivity index (χ1v) is 9.01. The van der Waals surface area contributed by atoms with Crippen molar-refractivity contribution in [1.29, 1.82) is 0 Å². The standard InChI is InChI=1S/C19H20N6O/c1-23-16-9-10-24(19(26)13-7-8-13)11-15(16)17(22-23)18-21-20-12-25(18)14-5-3-2-4-6-14/h2-6,12-13H,7-11H2,1H3. The fourth-order valence-electron chi connectivity index (χ4n) is 3.72. The lowest BCUT2D eigenvalue weighted by Gasteiger charge is -2.27. The Labute approximate surface area is 151 Å². The zero-order valence-corrected chi connectivity index (χ0v) is 14.7. The molecule has 0 radical (unpaired) electrons. The number of carbonyl (C=O) groups excluding carboxylic acids is 1. The summed E-state index contributed by atoms with van der Waals surface area (Å²) in [6, 6.07) is 10.00. The Balaban J connectivity index is 1.56. The summed E-state index contributed by atoms with van der Waals surface area (Å²) in [5.74, 6) is 1.24. The third-order valence-electron chi connectivity index (χ3n) is 5.27. The van der Waals surface area contributed by atoms with Crippen molar-refractivity contribution in [3.8, 4) is 17.2 Å². The molecule has 7 nitrogen and oxygen atoms in total. The van der Waals surface area contributed by atoms with Gasteiger partial charge in [0.05, 0.1) is 0 Å². The van der Waals surface area contributed by atoms with Gasteiger partial charge >= 0.3 is 0 Å². The predicted octanol–water partition coefficient (Wildman–Crippen LogP) is 1.96. The second kappa shape index (κ2) is 5.79. The SMILES string of the molecule is Cn1nc(-c2nncn2-c2ccccc2)c2c1CCN(C(=O)C1CC1)C2. The maximum atomic E-state index is 12.5.